The van der Waals surface area contributed by atoms with Crippen molar-refractivity contribution in [3.8, 4) is 5.75 Å². The molecule has 2 amide bonds. The Kier molecular flexibility index (Phi) is 5.86. The molecule has 6 heteroatoms. The number of hydrogen-bond donors (Lipinski definition) is 1. The number of carbonyl (C=O) groups excluding carboxylic acids is 3. The maximum Gasteiger partial charge on any atom is 0.260 e. The number of anilines is 1. The molecule has 2 aromatic rings. The van der Waals surface area contributed by atoms with Crippen molar-refractivity contribution < 1.29 is 19.1 Å². The van der Waals surface area contributed by atoms with Gasteiger partial charge in [-0.1, -0.05) is 18.2 Å². The molecule has 1 heterocycles. The molecule has 1 aliphatic rings. The molecule has 0 spiro atoms. The lowest BCUT2D eigenvalue weighted by molar-refractivity contribution is -0.132. The Bertz CT molecular complexity index is 840. The quantitative estimate of drug-likeness (QED) is 0.797. The number of carbonyl (C=O) groups is 3. The van der Waals surface area contributed by atoms with E-state index in [0.717, 1.165) is 25.9 Å². The molecule has 3 rings (SSSR count). The highest BCUT2D eigenvalue weighted by Gasteiger charge is 2.18. The van der Waals surface area contributed by atoms with Crippen LogP contribution in [0.25, 0.3) is 0 Å². The summed E-state index contributed by atoms with van der Waals surface area (Å²) in [5, 5.41) is 2.79. The van der Waals surface area contributed by atoms with Crippen molar-refractivity contribution in [2.45, 2.75) is 19.8 Å². The van der Waals surface area contributed by atoms with Gasteiger partial charge in [0.15, 0.2) is 12.4 Å². The topological polar surface area (TPSA) is 75.7 Å². The number of ether oxygens (including phenoxy) is 1. The smallest absolute Gasteiger partial charge is 0.260 e. The first-order chi connectivity index (χ1) is 13.0. The number of rotatable bonds is 6. The van der Waals surface area contributed by atoms with Crippen LogP contribution in [-0.2, 0) is 4.79 Å². The zero-order chi connectivity index (χ0) is 19.2. The van der Waals surface area contributed by atoms with Crippen molar-refractivity contribution in [3.63, 3.8) is 0 Å². The number of hydrogen-bond acceptors (Lipinski definition) is 4. The highest BCUT2D eigenvalue weighted by atomic mass is 16.5. The second-order valence-electron chi connectivity index (χ2n) is 6.49. The standard InChI is InChI=1S/C21H22N2O4/c1-15(24)16-7-9-17(10-8-16)21(26)22-18-5-4-6-19(13-18)27-14-20(25)23-11-2-3-12-23/h4-10,13H,2-3,11-12,14H2,1H3,(H,22,26). The van der Waals surface area contributed by atoms with E-state index in [1.807, 2.05) is 0 Å². The molecule has 1 saturated heterocycles. The van der Waals surface area contributed by atoms with Crippen LogP contribution in [0, 0.1) is 0 Å². The molecule has 1 fully saturated rings. The average molecular weight is 366 g/mol. The van der Waals surface area contributed by atoms with Gasteiger partial charge in [-0.25, -0.2) is 0 Å². The van der Waals surface area contributed by atoms with E-state index < -0.39 is 0 Å². The van der Waals surface area contributed by atoms with Crippen LogP contribution in [0.2, 0.25) is 0 Å². The van der Waals surface area contributed by atoms with Gasteiger partial charge in [0.2, 0.25) is 0 Å². The van der Waals surface area contributed by atoms with Crippen LogP contribution in [-0.4, -0.2) is 42.2 Å². The Morgan fingerprint density at radius 3 is 2.33 bits per heavy atom. The van der Waals surface area contributed by atoms with Crippen molar-refractivity contribution in [2.24, 2.45) is 0 Å². The maximum atomic E-state index is 12.3. The first kappa shape index (κ1) is 18.6. The molecule has 0 bridgehead atoms. The number of amides is 2. The van der Waals surface area contributed by atoms with Crippen LogP contribution in [0.4, 0.5) is 5.69 Å². The van der Waals surface area contributed by atoms with Crippen molar-refractivity contribution in [3.05, 3.63) is 59.7 Å². The molecule has 0 radical (unpaired) electrons. The summed E-state index contributed by atoms with van der Waals surface area (Å²) in [5.41, 5.74) is 1.59. The molecule has 0 atom stereocenters. The number of benzene rings is 2. The fourth-order valence-electron chi connectivity index (χ4n) is 2.93. The molecule has 2 aromatic carbocycles. The molecule has 0 aromatic heterocycles. The van der Waals surface area contributed by atoms with Gasteiger partial charge in [-0.15, -0.1) is 0 Å². The predicted octanol–water partition coefficient (Wildman–Crippen LogP) is 3.14. The third-order valence-corrected chi connectivity index (χ3v) is 4.47. The number of likely N-dealkylation sites (tertiary alicyclic amines) is 1. The van der Waals surface area contributed by atoms with Crippen LogP contribution in [0.3, 0.4) is 0 Å². The fraction of sp³-hybridized carbons (Fsp3) is 0.286. The van der Waals surface area contributed by atoms with Crippen LogP contribution in [0.15, 0.2) is 48.5 Å². The summed E-state index contributed by atoms with van der Waals surface area (Å²) < 4.78 is 5.57. The molecule has 140 valence electrons. The summed E-state index contributed by atoms with van der Waals surface area (Å²) >= 11 is 0. The van der Waals surface area contributed by atoms with E-state index in [4.69, 9.17) is 4.74 Å². The van der Waals surface area contributed by atoms with E-state index in [1.165, 1.54) is 6.92 Å². The molecule has 0 saturated carbocycles. The summed E-state index contributed by atoms with van der Waals surface area (Å²) in [5.74, 6) is 0.172. The van der Waals surface area contributed by atoms with E-state index in [1.54, 1.807) is 53.4 Å². The number of nitrogens with zero attached hydrogens (tertiary/aromatic N) is 1. The van der Waals surface area contributed by atoms with Crippen LogP contribution < -0.4 is 10.1 Å². The monoisotopic (exact) mass is 366 g/mol. The molecule has 27 heavy (non-hydrogen) atoms. The van der Waals surface area contributed by atoms with E-state index in [-0.39, 0.29) is 24.2 Å². The van der Waals surface area contributed by atoms with E-state index >= 15 is 0 Å². The molecule has 6 nitrogen and oxygen atoms in total. The third-order valence-electron chi connectivity index (χ3n) is 4.47. The van der Waals surface area contributed by atoms with E-state index in [2.05, 4.69) is 5.32 Å². The second-order valence-corrected chi connectivity index (χ2v) is 6.49. The average Bonchev–Trinajstić information content (AvgIpc) is 3.21. The lowest BCUT2D eigenvalue weighted by atomic mass is 10.1. The molecular formula is C21H22N2O4. The lowest BCUT2D eigenvalue weighted by Gasteiger charge is -2.15. The van der Waals surface area contributed by atoms with Gasteiger partial charge in [0, 0.05) is 36.0 Å². The maximum absolute atomic E-state index is 12.3. The zero-order valence-corrected chi connectivity index (χ0v) is 15.2. The fourth-order valence-corrected chi connectivity index (χ4v) is 2.93. The van der Waals surface area contributed by atoms with Crippen molar-refractivity contribution >= 4 is 23.3 Å². The van der Waals surface area contributed by atoms with Gasteiger partial charge >= 0.3 is 0 Å². The minimum absolute atomic E-state index is 0.0100. The van der Waals surface area contributed by atoms with Crippen molar-refractivity contribution in [1.29, 1.82) is 0 Å². The molecule has 1 aliphatic heterocycles. The highest BCUT2D eigenvalue weighted by Crippen LogP contribution is 2.19. The number of ketones is 1. The van der Waals surface area contributed by atoms with Gasteiger partial charge in [-0.05, 0) is 44.0 Å². The van der Waals surface area contributed by atoms with Gasteiger partial charge in [0.25, 0.3) is 11.8 Å². The van der Waals surface area contributed by atoms with Gasteiger partial charge in [-0.2, -0.15) is 0 Å². The molecule has 1 N–H and O–H groups in total. The van der Waals surface area contributed by atoms with Gasteiger partial charge in [0.1, 0.15) is 5.75 Å². The van der Waals surface area contributed by atoms with Crippen molar-refractivity contribution in [1.82, 2.24) is 4.90 Å². The zero-order valence-electron chi connectivity index (χ0n) is 15.2. The summed E-state index contributed by atoms with van der Waals surface area (Å²) in [6, 6.07) is 13.4. The molecule has 0 aliphatic carbocycles. The largest absolute Gasteiger partial charge is 0.484 e. The summed E-state index contributed by atoms with van der Waals surface area (Å²) in [6.45, 7) is 3.06. The van der Waals surface area contributed by atoms with Crippen LogP contribution >= 0.6 is 0 Å². The Morgan fingerprint density at radius 2 is 1.67 bits per heavy atom. The van der Waals surface area contributed by atoms with Crippen LogP contribution in [0.1, 0.15) is 40.5 Å². The van der Waals surface area contributed by atoms with Gasteiger partial charge in [-0.3, -0.25) is 14.4 Å². The summed E-state index contributed by atoms with van der Waals surface area (Å²) in [6.07, 6.45) is 2.08. The predicted molar refractivity (Wildman–Crippen MR) is 102 cm³/mol. The number of nitrogens with one attached hydrogen (secondary N) is 1. The minimum atomic E-state index is -0.282. The highest BCUT2D eigenvalue weighted by molar-refractivity contribution is 6.05. The first-order valence-corrected chi connectivity index (χ1v) is 8.96. The SMILES string of the molecule is CC(=O)c1ccc(C(=O)Nc2cccc(OCC(=O)N3CCCC3)c2)cc1. The second kappa shape index (κ2) is 8.49. The van der Waals surface area contributed by atoms with Crippen LogP contribution in [0.5, 0.6) is 5.75 Å². The Balaban J connectivity index is 1.58. The summed E-state index contributed by atoms with van der Waals surface area (Å²) in [4.78, 5) is 37.5. The van der Waals surface area contributed by atoms with E-state index in [0.29, 0.717) is 22.6 Å². The summed E-state index contributed by atoms with van der Waals surface area (Å²) in [7, 11) is 0. The molecular weight excluding hydrogens is 344 g/mol. The third kappa shape index (κ3) is 4.94. The minimum Gasteiger partial charge on any atom is -0.484 e. The Morgan fingerprint density at radius 1 is 1.00 bits per heavy atom. The van der Waals surface area contributed by atoms with Gasteiger partial charge < -0.3 is 15.0 Å². The lowest BCUT2D eigenvalue weighted by Crippen LogP contribution is -2.32. The van der Waals surface area contributed by atoms with Crippen molar-refractivity contribution in [2.75, 3.05) is 25.0 Å². The normalized spacial score (nSPS) is 13.3. The molecule has 0 unspecified atom stereocenters. The van der Waals surface area contributed by atoms with Gasteiger partial charge in [0.05, 0.1) is 0 Å². The Hall–Kier alpha value is -3.15. The van der Waals surface area contributed by atoms with E-state index in [9.17, 15) is 14.4 Å². The number of Topliss-reactive ketones (excluding diaryl/α,β-unsaturated/α-hetero) is 1. The Labute approximate surface area is 158 Å². The first-order valence-electron chi connectivity index (χ1n) is 8.96.